The molecule has 30 heavy (non-hydrogen) atoms. The second-order valence-corrected chi connectivity index (χ2v) is 9.65. The Morgan fingerprint density at radius 2 is 1.83 bits per heavy atom. The fourth-order valence-corrected chi connectivity index (χ4v) is 4.95. The zero-order valence-electron chi connectivity index (χ0n) is 17.0. The predicted molar refractivity (Wildman–Crippen MR) is 121 cm³/mol. The maximum atomic E-state index is 12.7. The molecule has 4 rings (SSSR count). The fraction of sp³-hybridized carbons (Fsp3) is 0.364. The third-order valence-corrected chi connectivity index (χ3v) is 7.11. The van der Waals surface area contributed by atoms with Crippen molar-refractivity contribution < 1.29 is 9.59 Å². The van der Waals surface area contributed by atoms with Crippen molar-refractivity contribution in [3.8, 4) is 10.6 Å². The Morgan fingerprint density at radius 1 is 1.10 bits per heavy atom. The molecule has 8 heteroatoms. The van der Waals surface area contributed by atoms with Gasteiger partial charge in [0.05, 0.1) is 4.88 Å². The molecule has 0 atom stereocenters. The summed E-state index contributed by atoms with van der Waals surface area (Å²) in [7, 11) is 0. The second kappa shape index (κ2) is 9.06. The number of aromatic nitrogens is 2. The molecular formula is C22H24N4O2S2. The van der Waals surface area contributed by atoms with Crippen LogP contribution in [0.4, 0.5) is 5.13 Å². The van der Waals surface area contributed by atoms with Crippen LogP contribution in [0, 0.1) is 5.92 Å². The first-order chi connectivity index (χ1) is 14.5. The molecular weight excluding hydrogens is 416 g/mol. The molecule has 0 aliphatic carbocycles. The van der Waals surface area contributed by atoms with E-state index in [0.717, 1.165) is 15.4 Å². The molecule has 1 aromatic carbocycles. The maximum absolute atomic E-state index is 12.7. The lowest BCUT2D eigenvalue weighted by Gasteiger charge is -2.30. The lowest BCUT2D eigenvalue weighted by molar-refractivity contribution is -0.121. The van der Waals surface area contributed by atoms with Gasteiger partial charge in [0.25, 0.3) is 5.91 Å². The predicted octanol–water partition coefficient (Wildman–Crippen LogP) is 4.88. The third-order valence-electron chi connectivity index (χ3n) is 5.36. The standard InChI is InChI=1S/C22H24N4O2S2/c1-14(2)15-5-7-17(8-6-15)20-24-25-22(30-20)23-19(27)16-9-11-26(12-10-16)21(28)18-4-3-13-29-18/h3-8,13-14,16H,9-12H2,1-2H3,(H,23,25,27). The average Bonchev–Trinajstić information content (AvgIpc) is 3.46. The highest BCUT2D eigenvalue weighted by atomic mass is 32.1. The first-order valence-corrected chi connectivity index (χ1v) is 11.8. The highest BCUT2D eigenvalue weighted by Gasteiger charge is 2.28. The monoisotopic (exact) mass is 440 g/mol. The molecule has 0 spiro atoms. The van der Waals surface area contributed by atoms with E-state index in [2.05, 4.69) is 41.5 Å². The van der Waals surface area contributed by atoms with E-state index in [1.807, 2.05) is 34.5 Å². The minimum atomic E-state index is -0.116. The average molecular weight is 441 g/mol. The van der Waals surface area contributed by atoms with E-state index in [4.69, 9.17) is 0 Å². The normalized spacial score (nSPS) is 14.8. The summed E-state index contributed by atoms with van der Waals surface area (Å²) in [5.74, 6) is 0.377. The molecule has 1 fully saturated rings. The number of hydrogen-bond acceptors (Lipinski definition) is 6. The summed E-state index contributed by atoms with van der Waals surface area (Å²) < 4.78 is 0. The molecule has 0 radical (unpaired) electrons. The quantitative estimate of drug-likeness (QED) is 0.613. The zero-order chi connectivity index (χ0) is 21.1. The minimum absolute atomic E-state index is 0.0453. The summed E-state index contributed by atoms with van der Waals surface area (Å²) in [6.07, 6.45) is 1.32. The van der Waals surface area contributed by atoms with Gasteiger partial charge in [-0.1, -0.05) is 55.5 Å². The van der Waals surface area contributed by atoms with Gasteiger partial charge in [-0.05, 0) is 35.8 Å². The van der Waals surface area contributed by atoms with Gasteiger partial charge in [0.1, 0.15) is 5.01 Å². The van der Waals surface area contributed by atoms with Gasteiger partial charge in [-0.25, -0.2) is 0 Å². The molecule has 1 aliphatic rings. The first-order valence-electron chi connectivity index (χ1n) is 10.1. The summed E-state index contributed by atoms with van der Waals surface area (Å²) in [5.41, 5.74) is 2.28. The van der Waals surface area contributed by atoms with Crippen molar-refractivity contribution in [1.29, 1.82) is 0 Å². The van der Waals surface area contributed by atoms with Gasteiger partial charge < -0.3 is 10.2 Å². The van der Waals surface area contributed by atoms with E-state index >= 15 is 0 Å². The van der Waals surface area contributed by atoms with Crippen LogP contribution in [0.1, 0.15) is 47.8 Å². The van der Waals surface area contributed by atoms with Crippen molar-refractivity contribution in [1.82, 2.24) is 15.1 Å². The number of anilines is 1. The number of carbonyl (C=O) groups excluding carboxylic acids is 2. The van der Waals surface area contributed by atoms with Crippen LogP contribution in [-0.2, 0) is 4.79 Å². The largest absolute Gasteiger partial charge is 0.338 e. The summed E-state index contributed by atoms with van der Waals surface area (Å²) in [5, 5.41) is 14.5. The van der Waals surface area contributed by atoms with Crippen LogP contribution < -0.4 is 5.32 Å². The van der Waals surface area contributed by atoms with Crippen LogP contribution in [0.25, 0.3) is 10.6 Å². The smallest absolute Gasteiger partial charge is 0.263 e. The van der Waals surface area contributed by atoms with Gasteiger partial charge in [0.15, 0.2) is 0 Å². The van der Waals surface area contributed by atoms with Gasteiger partial charge in [-0.2, -0.15) is 0 Å². The number of hydrogen-bond donors (Lipinski definition) is 1. The van der Waals surface area contributed by atoms with E-state index in [-0.39, 0.29) is 17.7 Å². The molecule has 3 heterocycles. The first kappa shape index (κ1) is 20.7. The molecule has 1 saturated heterocycles. The highest BCUT2D eigenvalue weighted by Crippen LogP contribution is 2.29. The van der Waals surface area contributed by atoms with Crippen molar-refractivity contribution in [2.75, 3.05) is 18.4 Å². The van der Waals surface area contributed by atoms with Gasteiger partial charge in [-0.3, -0.25) is 9.59 Å². The molecule has 1 N–H and O–H groups in total. The van der Waals surface area contributed by atoms with Crippen LogP contribution in [0.5, 0.6) is 0 Å². The van der Waals surface area contributed by atoms with Crippen LogP contribution >= 0.6 is 22.7 Å². The van der Waals surface area contributed by atoms with Gasteiger partial charge >= 0.3 is 0 Å². The Kier molecular flexibility index (Phi) is 6.24. The molecule has 156 valence electrons. The fourth-order valence-electron chi connectivity index (χ4n) is 3.51. The number of likely N-dealkylation sites (tertiary alicyclic amines) is 1. The highest BCUT2D eigenvalue weighted by molar-refractivity contribution is 7.18. The van der Waals surface area contributed by atoms with E-state index in [0.29, 0.717) is 37.0 Å². The van der Waals surface area contributed by atoms with E-state index in [1.54, 1.807) is 0 Å². The molecule has 1 aliphatic heterocycles. The number of nitrogens with zero attached hydrogens (tertiary/aromatic N) is 3. The molecule has 0 bridgehead atoms. The van der Waals surface area contributed by atoms with Gasteiger partial charge in [0, 0.05) is 24.6 Å². The Bertz CT molecular complexity index is 1000. The third kappa shape index (κ3) is 4.60. The molecule has 0 saturated carbocycles. The zero-order valence-corrected chi connectivity index (χ0v) is 18.6. The SMILES string of the molecule is CC(C)c1ccc(-c2nnc(NC(=O)C3CCN(C(=O)c4cccs4)CC3)s2)cc1. The van der Waals surface area contributed by atoms with E-state index in [1.165, 1.54) is 28.2 Å². The molecule has 0 unspecified atom stereocenters. The number of thiophene rings is 1. The topological polar surface area (TPSA) is 75.2 Å². The lowest BCUT2D eigenvalue weighted by atomic mass is 9.96. The van der Waals surface area contributed by atoms with Gasteiger partial charge in [-0.15, -0.1) is 21.5 Å². The Morgan fingerprint density at radius 3 is 2.47 bits per heavy atom. The molecule has 3 aromatic rings. The molecule has 6 nitrogen and oxygen atoms in total. The number of nitrogens with one attached hydrogen (secondary N) is 1. The second-order valence-electron chi connectivity index (χ2n) is 7.72. The van der Waals surface area contributed by atoms with Crippen molar-refractivity contribution >= 4 is 39.6 Å². The number of benzene rings is 1. The van der Waals surface area contributed by atoms with Crippen LogP contribution in [0.2, 0.25) is 0 Å². The van der Waals surface area contributed by atoms with Crippen LogP contribution in [0.15, 0.2) is 41.8 Å². The summed E-state index contributed by atoms with van der Waals surface area (Å²) >= 11 is 2.83. The van der Waals surface area contributed by atoms with E-state index in [9.17, 15) is 9.59 Å². The van der Waals surface area contributed by atoms with Crippen molar-refractivity contribution in [2.45, 2.75) is 32.6 Å². The summed E-state index contributed by atoms with van der Waals surface area (Å²) in [6, 6.07) is 12.0. The van der Waals surface area contributed by atoms with Crippen LogP contribution in [0.3, 0.4) is 0 Å². The Labute approximate surface area is 184 Å². The number of amides is 2. The van der Waals surface area contributed by atoms with Crippen molar-refractivity contribution in [3.63, 3.8) is 0 Å². The van der Waals surface area contributed by atoms with E-state index < -0.39 is 0 Å². The summed E-state index contributed by atoms with van der Waals surface area (Å²) in [6.45, 7) is 5.52. The Hall–Kier alpha value is -2.58. The number of carbonyl (C=O) groups is 2. The van der Waals surface area contributed by atoms with Gasteiger partial charge in [0.2, 0.25) is 11.0 Å². The number of piperidine rings is 1. The minimum Gasteiger partial charge on any atom is -0.338 e. The lowest BCUT2D eigenvalue weighted by Crippen LogP contribution is -2.41. The Balaban J connectivity index is 1.32. The number of rotatable bonds is 5. The molecule has 2 amide bonds. The van der Waals surface area contributed by atoms with Crippen molar-refractivity contribution in [2.24, 2.45) is 5.92 Å². The van der Waals surface area contributed by atoms with Crippen molar-refractivity contribution in [3.05, 3.63) is 52.2 Å². The molecule has 2 aromatic heterocycles. The summed E-state index contributed by atoms with van der Waals surface area (Å²) in [4.78, 5) is 27.7. The van der Waals surface area contributed by atoms with Crippen LogP contribution in [-0.4, -0.2) is 40.0 Å². The maximum Gasteiger partial charge on any atom is 0.263 e.